The summed E-state index contributed by atoms with van der Waals surface area (Å²) in [6.45, 7) is 6.33. The van der Waals surface area contributed by atoms with Crippen molar-refractivity contribution in [3.8, 4) is 17.6 Å². The Kier molecular flexibility index (Phi) is 5.43. The Labute approximate surface area is 126 Å². The van der Waals surface area contributed by atoms with E-state index in [4.69, 9.17) is 9.47 Å². The lowest BCUT2D eigenvalue weighted by Crippen LogP contribution is -2.45. The van der Waals surface area contributed by atoms with Gasteiger partial charge in [0.2, 0.25) is 0 Å². The summed E-state index contributed by atoms with van der Waals surface area (Å²) in [6, 6.07) is 7.94. The fourth-order valence-electron chi connectivity index (χ4n) is 2.58. The van der Waals surface area contributed by atoms with E-state index in [0.717, 1.165) is 37.5 Å². The summed E-state index contributed by atoms with van der Waals surface area (Å²) < 4.78 is 10.9. The predicted octanol–water partition coefficient (Wildman–Crippen LogP) is 1.91. The molecule has 1 unspecified atom stereocenters. The first-order valence-corrected chi connectivity index (χ1v) is 7.32. The van der Waals surface area contributed by atoms with Crippen LogP contribution in [-0.4, -0.2) is 56.7 Å². The maximum absolute atomic E-state index is 9.56. The lowest BCUT2D eigenvalue weighted by Gasteiger charge is -2.35. The molecule has 0 amide bonds. The maximum Gasteiger partial charge on any atom is 0.161 e. The number of ether oxygens (including phenoxy) is 2. The topological polar surface area (TPSA) is 48.7 Å². The van der Waals surface area contributed by atoms with Gasteiger partial charge in [-0.3, -0.25) is 4.90 Å². The number of rotatable bonds is 5. The van der Waals surface area contributed by atoms with Crippen molar-refractivity contribution in [3.05, 3.63) is 23.8 Å². The van der Waals surface area contributed by atoms with E-state index in [1.165, 1.54) is 0 Å². The molecule has 0 spiro atoms. The summed E-state index contributed by atoms with van der Waals surface area (Å²) >= 11 is 0. The Morgan fingerprint density at radius 1 is 1.24 bits per heavy atom. The minimum absolute atomic E-state index is 0.233. The second-order valence-electron chi connectivity index (χ2n) is 5.21. The summed E-state index contributed by atoms with van der Waals surface area (Å²) in [5.74, 6) is 1.41. The third-order valence-corrected chi connectivity index (χ3v) is 3.83. The van der Waals surface area contributed by atoms with Crippen LogP contribution in [0, 0.1) is 11.3 Å². The van der Waals surface area contributed by atoms with Gasteiger partial charge in [-0.25, -0.2) is 0 Å². The molecule has 0 saturated carbocycles. The second kappa shape index (κ2) is 7.30. The molecule has 1 aliphatic heterocycles. The van der Waals surface area contributed by atoms with Crippen LogP contribution < -0.4 is 9.47 Å². The van der Waals surface area contributed by atoms with Crippen molar-refractivity contribution in [1.29, 1.82) is 5.26 Å². The molecule has 0 radical (unpaired) electrons. The quantitative estimate of drug-likeness (QED) is 0.828. The van der Waals surface area contributed by atoms with E-state index in [0.29, 0.717) is 12.4 Å². The van der Waals surface area contributed by atoms with E-state index < -0.39 is 0 Å². The first-order valence-electron chi connectivity index (χ1n) is 7.32. The number of hydrogen-bond acceptors (Lipinski definition) is 5. The van der Waals surface area contributed by atoms with Gasteiger partial charge in [-0.2, -0.15) is 5.26 Å². The normalized spacial score (nSPS) is 18.0. The fraction of sp³-hybridized carbons (Fsp3) is 0.562. The molecule has 1 atom stereocenters. The highest BCUT2D eigenvalue weighted by Crippen LogP contribution is 2.32. The van der Waals surface area contributed by atoms with Crippen molar-refractivity contribution < 1.29 is 9.47 Å². The van der Waals surface area contributed by atoms with Crippen molar-refractivity contribution in [2.24, 2.45) is 0 Å². The lowest BCUT2D eigenvalue weighted by molar-refractivity contribution is 0.132. The molecule has 0 N–H and O–H groups in total. The number of hydrogen-bond donors (Lipinski definition) is 0. The van der Waals surface area contributed by atoms with Crippen LogP contribution in [0.3, 0.4) is 0 Å². The van der Waals surface area contributed by atoms with Crippen LogP contribution in [0.15, 0.2) is 18.2 Å². The van der Waals surface area contributed by atoms with Gasteiger partial charge in [0.05, 0.1) is 19.8 Å². The lowest BCUT2D eigenvalue weighted by atomic mass is 10.0. The number of likely N-dealkylation sites (N-methyl/N-ethyl adjacent to an activating group) is 1. The molecule has 1 heterocycles. The summed E-state index contributed by atoms with van der Waals surface area (Å²) in [6.07, 6.45) is 0. The number of benzene rings is 1. The number of nitrogens with zero attached hydrogens (tertiary/aromatic N) is 3. The molecule has 1 fully saturated rings. The molecule has 1 aromatic carbocycles. The first kappa shape index (κ1) is 15.6. The monoisotopic (exact) mass is 289 g/mol. The van der Waals surface area contributed by atoms with E-state index in [1.807, 2.05) is 25.1 Å². The number of methoxy groups -OCH3 is 1. The Morgan fingerprint density at radius 3 is 2.52 bits per heavy atom. The number of nitriles is 1. The molecule has 0 aliphatic carbocycles. The molecular weight excluding hydrogens is 266 g/mol. The molecule has 21 heavy (non-hydrogen) atoms. The average Bonchev–Trinajstić information content (AvgIpc) is 2.51. The zero-order valence-electron chi connectivity index (χ0n) is 13.0. The Bertz CT molecular complexity index is 505. The van der Waals surface area contributed by atoms with Gasteiger partial charge in [-0.15, -0.1) is 0 Å². The van der Waals surface area contributed by atoms with E-state index in [1.54, 1.807) is 7.11 Å². The fourth-order valence-corrected chi connectivity index (χ4v) is 2.58. The smallest absolute Gasteiger partial charge is 0.161 e. The van der Waals surface area contributed by atoms with Gasteiger partial charge in [-0.1, -0.05) is 6.07 Å². The average molecular weight is 289 g/mol. The first-order chi connectivity index (χ1) is 10.2. The van der Waals surface area contributed by atoms with Crippen LogP contribution in [0.2, 0.25) is 0 Å². The van der Waals surface area contributed by atoms with Crippen molar-refractivity contribution in [2.45, 2.75) is 13.0 Å². The molecule has 1 aliphatic rings. The van der Waals surface area contributed by atoms with E-state index in [2.05, 4.69) is 22.9 Å². The zero-order chi connectivity index (χ0) is 15.2. The molecule has 2 rings (SSSR count). The Morgan fingerprint density at radius 2 is 1.95 bits per heavy atom. The van der Waals surface area contributed by atoms with Crippen LogP contribution in [0.1, 0.15) is 18.5 Å². The van der Waals surface area contributed by atoms with Crippen LogP contribution in [0.4, 0.5) is 0 Å². The van der Waals surface area contributed by atoms with Crippen molar-refractivity contribution in [3.63, 3.8) is 0 Å². The van der Waals surface area contributed by atoms with Gasteiger partial charge >= 0.3 is 0 Å². The molecule has 114 valence electrons. The molecule has 1 aromatic rings. The number of piperazine rings is 1. The van der Waals surface area contributed by atoms with E-state index >= 15 is 0 Å². The van der Waals surface area contributed by atoms with E-state index in [-0.39, 0.29) is 6.04 Å². The third kappa shape index (κ3) is 3.66. The molecule has 0 bridgehead atoms. The second-order valence-corrected chi connectivity index (χ2v) is 5.21. The minimum Gasteiger partial charge on any atom is -0.493 e. The van der Waals surface area contributed by atoms with Gasteiger partial charge in [0.25, 0.3) is 0 Å². The van der Waals surface area contributed by atoms with E-state index in [9.17, 15) is 5.26 Å². The maximum atomic E-state index is 9.56. The van der Waals surface area contributed by atoms with Gasteiger partial charge in [-0.05, 0) is 31.7 Å². The summed E-state index contributed by atoms with van der Waals surface area (Å²) in [5, 5.41) is 9.56. The minimum atomic E-state index is -0.233. The molecule has 5 heteroatoms. The van der Waals surface area contributed by atoms with Gasteiger partial charge < -0.3 is 14.4 Å². The Hall–Kier alpha value is -1.77. The standard InChI is InChI=1S/C16H23N3O2/c1-4-21-15-6-5-13(11-16(15)20-3)14(12-17)19-9-7-18(2)8-10-19/h5-6,11,14H,4,7-10H2,1-3H3. The van der Waals surface area contributed by atoms with Crippen LogP contribution in [-0.2, 0) is 0 Å². The van der Waals surface area contributed by atoms with Crippen LogP contribution in [0.5, 0.6) is 11.5 Å². The Balaban J connectivity index is 2.20. The summed E-state index contributed by atoms with van der Waals surface area (Å²) in [7, 11) is 3.73. The zero-order valence-corrected chi connectivity index (χ0v) is 13.0. The highest BCUT2D eigenvalue weighted by atomic mass is 16.5. The third-order valence-electron chi connectivity index (χ3n) is 3.83. The molecular formula is C16H23N3O2. The van der Waals surface area contributed by atoms with Gasteiger partial charge in [0.1, 0.15) is 6.04 Å². The summed E-state index contributed by atoms with van der Waals surface area (Å²) in [4.78, 5) is 4.50. The predicted molar refractivity (Wildman–Crippen MR) is 81.6 cm³/mol. The molecule has 5 nitrogen and oxygen atoms in total. The van der Waals surface area contributed by atoms with Crippen LogP contribution >= 0.6 is 0 Å². The van der Waals surface area contributed by atoms with Gasteiger partial charge in [0.15, 0.2) is 11.5 Å². The highest BCUT2D eigenvalue weighted by molar-refractivity contribution is 5.44. The molecule has 0 aromatic heterocycles. The highest BCUT2D eigenvalue weighted by Gasteiger charge is 2.24. The van der Waals surface area contributed by atoms with Crippen molar-refractivity contribution >= 4 is 0 Å². The van der Waals surface area contributed by atoms with Crippen molar-refractivity contribution in [1.82, 2.24) is 9.80 Å². The SMILES string of the molecule is CCOc1ccc(C(C#N)N2CCN(C)CC2)cc1OC. The summed E-state index contributed by atoms with van der Waals surface area (Å²) in [5.41, 5.74) is 0.961. The van der Waals surface area contributed by atoms with Crippen molar-refractivity contribution in [2.75, 3.05) is 46.9 Å². The van der Waals surface area contributed by atoms with Gasteiger partial charge in [0, 0.05) is 26.2 Å². The molecule has 1 saturated heterocycles. The largest absolute Gasteiger partial charge is 0.493 e. The van der Waals surface area contributed by atoms with Crippen LogP contribution in [0.25, 0.3) is 0 Å².